The number of aromatic nitrogens is 3. The Morgan fingerprint density at radius 2 is 2.40 bits per heavy atom. The average Bonchev–Trinajstić information content (AvgIpc) is 2.72. The van der Waals surface area contributed by atoms with Crippen LogP contribution in [0.25, 0.3) is 0 Å². The molecule has 0 amide bonds. The molecule has 5 nitrogen and oxygen atoms in total. The van der Waals surface area contributed by atoms with Gasteiger partial charge >= 0.3 is 0 Å². The second-order valence-electron chi connectivity index (χ2n) is 3.11. The molecule has 2 aromatic heterocycles. The molecule has 2 aromatic rings. The van der Waals surface area contributed by atoms with E-state index in [0.29, 0.717) is 10.1 Å². The molecule has 0 aliphatic rings. The molecule has 0 saturated carbocycles. The summed E-state index contributed by atoms with van der Waals surface area (Å²) in [6.07, 6.45) is 4.63. The summed E-state index contributed by atoms with van der Waals surface area (Å²) in [4.78, 5) is 15.9. The molecule has 0 aromatic carbocycles. The topological polar surface area (TPSA) is 60.9 Å². The summed E-state index contributed by atoms with van der Waals surface area (Å²) in [7, 11) is 0. The molecule has 0 fully saturated rings. The Morgan fingerprint density at radius 3 is 3.07 bits per heavy atom. The van der Waals surface area contributed by atoms with Crippen molar-refractivity contribution in [2.45, 2.75) is 13.5 Å². The molecule has 0 spiro atoms. The van der Waals surface area contributed by atoms with Crippen molar-refractivity contribution in [1.82, 2.24) is 14.7 Å². The first kappa shape index (κ1) is 10.3. The van der Waals surface area contributed by atoms with Crippen LogP contribution >= 0.6 is 22.6 Å². The third kappa shape index (κ3) is 2.09. The molecule has 0 unspecified atom stereocenters. The molecule has 6 heteroatoms. The number of hydrogen-bond acceptors (Lipinski definition) is 4. The lowest BCUT2D eigenvalue weighted by atomic mass is 10.3. The maximum atomic E-state index is 11.8. The number of rotatable bonds is 2. The van der Waals surface area contributed by atoms with Gasteiger partial charge in [-0.25, -0.2) is 4.98 Å². The maximum Gasteiger partial charge on any atom is 0.267 e. The monoisotopic (exact) mass is 317 g/mol. The standard InChI is InChI=1S/C9H8IN3O2/c1-6-8(10)9(14)13(5-11-6)3-7-2-12-15-4-7/h2,4-5H,3H2,1H3. The zero-order chi connectivity index (χ0) is 10.8. The summed E-state index contributed by atoms with van der Waals surface area (Å²) < 4.78 is 6.87. The highest BCUT2D eigenvalue weighted by molar-refractivity contribution is 14.1. The van der Waals surface area contributed by atoms with Gasteiger partial charge in [0, 0.05) is 5.56 Å². The Morgan fingerprint density at radius 1 is 1.60 bits per heavy atom. The molecule has 15 heavy (non-hydrogen) atoms. The Kier molecular flexibility index (Phi) is 2.85. The molecule has 78 valence electrons. The third-order valence-corrected chi connectivity index (χ3v) is 3.24. The van der Waals surface area contributed by atoms with E-state index >= 15 is 0 Å². The van der Waals surface area contributed by atoms with Gasteiger partial charge in [0.1, 0.15) is 6.26 Å². The van der Waals surface area contributed by atoms with Gasteiger partial charge in [0.05, 0.1) is 28.3 Å². The van der Waals surface area contributed by atoms with Gasteiger partial charge in [0.25, 0.3) is 5.56 Å². The first-order chi connectivity index (χ1) is 7.18. The molecule has 2 heterocycles. The maximum absolute atomic E-state index is 11.8. The van der Waals surface area contributed by atoms with Crippen molar-refractivity contribution < 1.29 is 4.52 Å². The van der Waals surface area contributed by atoms with Crippen LogP contribution < -0.4 is 5.56 Å². The van der Waals surface area contributed by atoms with Gasteiger partial charge in [-0.15, -0.1) is 0 Å². The summed E-state index contributed by atoms with van der Waals surface area (Å²) in [6, 6.07) is 0. The quantitative estimate of drug-likeness (QED) is 0.781. The van der Waals surface area contributed by atoms with E-state index in [1.165, 1.54) is 17.2 Å². The summed E-state index contributed by atoms with van der Waals surface area (Å²) in [5, 5.41) is 3.58. The van der Waals surface area contributed by atoms with Crippen LogP contribution in [-0.2, 0) is 6.54 Å². The van der Waals surface area contributed by atoms with E-state index in [1.807, 2.05) is 29.5 Å². The van der Waals surface area contributed by atoms with E-state index in [4.69, 9.17) is 4.52 Å². The van der Waals surface area contributed by atoms with Crippen molar-refractivity contribution >= 4 is 22.6 Å². The van der Waals surface area contributed by atoms with E-state index in [9.17, 15) is 4.79 Å². The second-order valence-corrected chi connectivity index (χ2v) is 4.19. The highest BCUT2D eigenvalue weighted by Crippen LogP contribution is 2.03. The zero-order valence-electron chi connectivity index (χ0n) is 7.98. The van der Waals surface area contributed by atoms with Crippen molar-refractivity contribution in [2.24, 2.45) is 0 Å². The summed E-state index contributed by atoms with van der Waals surface area (Å²) in [6.45, 7) is 2.25. The smallest absolute Gasteiger partial charge is 0.267 e. The highest BCUT2D eigenvalue weighted by Gasteiger charge is 2.06. The second kappa shape index (κ2) is 4.13. The molecule has 0 aliphatic carbocycles. The Hall–Kier alpha value is -1.18. The number of aryl methyl sites for hydroxylation is 1. The molecule has 0 aliphatic heterocycles. The molecule has 0 atom stereocenters. The fourth-order valence-electron chi connectivity index (χ4n) is 1.16. The zero-order valence-corrected chi connectivity index (χ0v) is 10.1. The highest BCUT2D eigenvalue weighted by atomic mass is 127. The lowest BCUT2D eigenvalue weighted by Crippen LogP contribution is -2.24. The fraction of sp³-hybridized carbons (Fsp3) is 0.222. The van der Waals surface area contributed by atoms with E-state index in [1.54, 1.807) is 6.20 Å². The van der Waals surface area contributed by atoms with Gasteiger partial charge < -0.3 is 4.52 Å². The molecule has 2 rings (SSSR count). The van der Waals surface area contributed by atoms with Crippen molar-refractivity contribution in [2.75, 3.05) is 0 Å². The van der Waals surface area contributed by atoms with Crippen LogP contribution in [0.1, 0.15) is 11.3 Å². The Balaban J connectivity index is 2.38. The van der Waals surface area contributed by atoms with E-state index in [-0.39, 0.29) is 5.56 Å². The van der Waals surface area contributed by atoms with Crippen molar-refractivity contribution in [3.05, 3.63) is 44.0 Å². The first-order valence-electron chi connectivity index (χ1n) is 4.28. The molecule has 0 saturated heterocycles. The van der Waals surface area contributed by atoms with Crippen LogP contribution in [-0.4, -0.2) is 14.7 Å². The minimum atomic E-state index is -0.0377. The SMILES string of the molecule is Cc1ncn(Cc2cnoc2)c(=O)c1I. The summed E-state index contributed by atoms with van der Waals surface area (Å²) >= 11 is 2.00. The van der Waals surface area contributed by atoms with Gasteiger partial charge in [0.2, 0.25) is 0 Å². The number of nitrogens with zero attached hydrogens (tertiary/aromatic N) is 3. The lowest BCUT2D eigenvalue weighted by Gasteiger charge is -2.04. The van der Waals surface area contributed by atoms with Gasteiger partial charge in [-0.3, -0.25) is 9.36 Å². The average molecular weight is 317 g/mol. The largest absolute Gasteiger partial charge is 0.364 e. The molecule has 0 N–H and O–H groups in total. The van der Waals surface area contributed by atoms with Gasteiger partial charge in [-0.05, 0) is 29.5 Å². The molecule has 0 bridgehead atoms. The van der Waals surface area contributed by atoms with Crippen LogP contribution in [0.5, 0.6) is 0 Å². The Bertz CT molecular complexity index is 519. The summed E-state index contributed by atoms with van der Waals surface area (Å²) in [5.74, 6) is 0. The predicted octanol–water partition coefficient (Wildman–Crippen LogP) is 1.19. The third-order valence-electron chi connectivity index (χ3n) is 1.99. The van der Waals surface area contributed by atoms with Crippen molar-refractivity contribution in [3.63, 3.8) is 0 Å². The van der Waals surface area contributed by atoms with Gasteiger partial charge in [-0.1, -0.05) is 5.16 Å². The van der Waals surface area contributed by atoms with Crippen LogP contribution in [0.4, 0.5) is 0 Å². The first-order valence-corrected chi connectivity index (χ1v) is 5.36. The van der Waals surface area contributed by atoms with Crippen molar-refractivity contribution in [1.29, 1.82) is 0 Å². The predicted molar refractivity (Wildman–Crippen MR) is 61.6 cm³/mol. The van der Waals surface area contributed by atoms with Gasteiger partial charge in [0.15, 0.2) is 0 Å². The number of hydrogen-bond donors (Lipinski definition) is 0. The minimum Gasteiger partial charge on any atom is -0.364 e. The molecular weight excluding hydrogens is 309 g/mol. The van der Waals surface area contributed by atoms with E-state index in [2.05, 4.69) is 10.1 Å². The molecule has 0 radical (unpaired) electrons. The van der Waals surface area contributed by atoms with Gasteiger partial charge in [-0.2, -0.15) is 0 Å². The number of halogens is 1. The van der Waals surface area contributed by atoms with E-state index < -0.39 is 0 Å². The van der Waals surface area contributed by atoms with E-state index in [0.717, 1.165) is 11.3 Å². The minimum absolute atomic E-state index is 0.0377. The van der Waals surface area contributed by atoms with Crippen molar-refractivity contribution in [3.8, 4) is 0 Å². The molecular formula is C9H8IN3O2. The van der Waals surface area contributed by atoms with Crippen LogP contribution in [0.3, 0.4) is 0 Å². The van der Waals surface area contributed by atoms with Crippen LogP contribution in [0, 0.1) is 10.5 Å². The normalized spacial score (nSPS) is 10.5. The Labute approximate surface area is 99.3 Å². The summed E-state index contributed by atoms with van der Waals surface area (Å²) in [5.41, 5.74) is 1.56. The van der Waals surface area contributed by atoms with Crippen LogP contribution in [0.2, 0.25) is 0 Å². The lowest BCUT2D eigenvalue weighted by molar-refractivity contribution is 0.418. The fourth-order valence-corrected chi connectivity index (χ4v) is 1.61. The van der Waals surface area contributed by atoms with Crippen LogP contribution in [0.15, 0.2) is 28.1 Å².